The number of hydrogen-bond acceptors (Lipinski definition) is 5. The van der Waals surface area contributed by atoms with Crippen LogP contribution in [0.1, 0.15) is 53.5 Å². The molecule has 0 fully saturated rings. The number of benzene rings is 1. The van der Waals surface area contributed by atoms with Gasteiger partial charge in [0.25, 0.3) is 5.91 Å². The van der Waals surface area contributed by atoms with Crippen molar-refractivity contribution in [3.8, 4) is 0 Å². The largest absolute Gasteiger partial charge is 0.462 e. The third-order valence-corrected chi connectivity index (χ3v) is 4.85. The standard InChI is InChI=1S/C21H26N2O4S/c1-4-27-21(26)18-16(12-14(2)3)13-28-20(18)23-17(24)10-11-22-19(25)15-8-6-5-7-9-15/h5-9,13-14H,4,10-12H2,1-3H3,(H,22,25)(H,23,24). The van der Waals surface area contributed by atoms with Gasteiger partial charge in [-0.15, -0.1) is 11.3 Å². The molecule has 0 radical (unpaired) electrons. The van der Waals surface area contributed by atoms with Crippen molar-refractivity contribution in [2.24, 2.45) is 5.92 Å². The van der Waals surface area contributed by atoms with E-state index in [0.29, 0.717) is 22.0 Å². The van der Waals surface area contributed by atoms with Gasteiger partial charge in [-0.1, -0.05) is 32.0 Å². The highest BCUT2D eigenvalue weighted by Gasteiger charge is 2.22. The van der Waals surface area contributed by atoms with E-state index in [4.69, 9.17) is 4.74 Å². The molecule has 0 saturated heterocycles. The molecule has 0 aliphatic heterocycles. The van der Waals surface area contributed by atoms with Gasteiger partial charge in [0, 0.05) is 18.5 Å². The number of carbonyl (C=O) groups is 3. The topological polar surface area (TPSA) is 84.5 Å². The molecule has 0 bridgehead atoms. The number of hydrogen-bond donors (Lipinski definition) is 2. The van der Waals surface area contributed by atoms with Crippen LogP contribution < -0.4 is 10.6 Å². The van der Waals surface area contributed by atoms with Crippen molar-refractivity contribution in [3.63, 3.8) is 0 Å². The van der Waals surface area contributed by atoms with Crippen LogP contribution in [0, 0.1) is 5.92 Å². The van der Waals surface area contributed by atoms with Gasteiger partial charge >= 0.3 is 5.97 Å². The number of rotatable bonds is 9. The van der Waals surface area contributed by atoms with Gasteiger partial charge in [0.05, 0.1) is 12.2 Å². The average Bonchev–Trinajstić information content (AvgIpc) is 3.03. The lowest BCUT2D eigenvalue weighted by Crippen LogP contribution is -2.27. The van der Waals surface area contributed by atoms with Crippen LogP contribution in [0.4, 0.5) is 5.00 Å². The molecule has 2 amide bonds. The molecule has 0 atom stereocenters. The normalized spacial score (nSPS) is 10.6. The summed E-state index contributed by atoms with van der Waals surface area (Å²) in [5.41, 5.74) is 1.86. The second-order valence-electron chi connectivity index (χ2n) is 6.70. The van der Waals surface area contributed by atoms with E-state index in [0.717, 1.165) is 12.0 Å². The molecule has 1 aromatic heterocycles. The Balaban J connectivity index is 1.96. The van der Waals surface area contributed by atoms with E-state index >= 15 is 0 Å². The smallest absolute Gasteiger partial charge is 0.341 e. The first-order valence-corrected chi connectivity index (χ1v) is 10.2. The van der Waals surface area contributed by atoms with Crippen LogP contribution in [-0.2, 0) is 16.0 Å². The summed E-state index contributed by atoms with van der Waals surface area (Å²) in [7, 11) is 0. The zero-order valence-electron chi connectivity index (χ0n) is 16.4. The predicted molar refractivity (Wildman–Crippen MR) is 111 cm³/mol. The van der Waals surface area contributed by atoms with E-state index in [-0.39, 0.29) is 31.4 Å². The van der Waals surface area contributed by atoms with Crippen LogP contribution in [0.25, 0.3) is 0 Å². The summed E-state index contributed by atoms with van der Waals surface area (Å²) in [6.07, 6.45) is 0.839. The second kappa shape index (κ2) is 10.6. The molecule has 0 saturated carbocycles. The Morgan fingerprint density at radius 3 is 2.50 bits per heavy atom. The number of esters is 1. The zero-order chi connectivity index (χ0) is 20.5. The lowest BCUT2D eigenvalue weighted by Gasteiger charge is -2.10. The molecule has 0 aliphatic carbocycles. The SMILES string of the molecule is CCOC(=O)c1c(CC(C)C)csc1NC(=O)CCNC(=O)c1ccccc1. The summed E-state index contributed by atoms with van der Waals surface area (Å²) in [6.45, 7) is 6.37. The maximum absolute atomic E-state index is 12.3. The number of nitrogens with one attached hydrogen (secondary N) is 2. The van der Waals surface area contributed by atoms with E-state index in [1.165, 1.54) is 11.3 Å². The van der Waals surface area contributed by atoms with Crippen molar-refractivity contribution < 1.29 is 19.1 Å². The van der Waals surface area contributed by atoms with Crippen molar-refractivity contribution in [2.45, 2.75) is 33.6 Å². The third-order valence-electron chi connectivity index (χ3n) is 3.90. The molecule has 2 aromatic rings. The van der Waals surface area contributed by atoms with Gasteiger partial charge in [-0.3, -0.25) is 9.59 Å². The van der Waals surface area contributed by atoms with E-state index in [1.54, 1.807) is 31.2 Å². The van der Waals surface area contributed by atoms with Crippen LogP contribution >= 0.6 is 11.3 Å². The molecular formula is C21H26N2O4S. The van der Waals surface area contributed by atoms with Gasteiger partial charge in [-0.2, -0.15) is 0 Å². The third kappa shape index (κ3) is 6.20. The fourth-order valence-electron chi connectivity index (χ4n) is 2.67. The lowest BCUT2D eigenvalue weighted by molar-refractivity contribution is -0.116. The maximum Gasteiger partial charge on any atom is 0.341 e. The fourth-order valence-corrected chi connectivity index (χ4v) is 3.65. The number of thiophene rings is 1. The van der Waals surface area contributed by atoms with Gasteiger partial charge in [0.15, 0.2) is 0 Å². The number of carbonyl (C=O) groups excluding carboxylic acids is 3. The van der Waals surface area contributed by atoms with Gasteiger partial charge in [-0.25, -0.2) is 4.79 Å². The van der Waals surface area contributed by atoms with E-state index in [2.05, 4.69) is 24.5 Å². The van der Waals surface area contributed by atoms with Crippen LogP contribution in [0.2, 0.25) is 0 Å². The molecular weight excluding hydrogens is 376 g/mol. The number of amides is 2. The van der Waals surface area contributed by atoms with Crippen LogP contribution in [0.15, 0.2) is 35.7 Å². The Labute approximate surface area is 169 Å². The van der Waals surface area contributed by atoms with Crippen molar-refractivity contribution in [3.05, 3.63) is 52.4 Å². The molecule has 150 valence electrons. The summed E-state index contributed by atoms with van der Waals surface area (Å²) >= 11 is 1.32. The predicted octanol–water partition coefficient (Wildman–Crippen LogP) is 3.88. The first-order chi connectivity index (χ1) is 13.4. The Hall–Kier alpha value is -2.67. The van der Waals surface area contributed by atoms with Gasteiger partial charge in [-0.05, 0) is 42.3 Å². The summed E-state index contributed by atoms with van der Waals surface area (Å²) in [5, 5.41) is 7.88. The van der Waals surface area contributed by atoms with Crippen molar-refractivity contribution in [1.82, 2.24) is 5.32 Å². The zero-order valence-corrected chi connectivity index (χ0v) is 17.2. The summed E-state index contributed by atoms with van der Waals surface area (Å²) < 4.78 is 5.15. The van der Waals surface area contributed by atoms with E-state index in [1.807, 2.05) is 11.4 Å². The highest BCUT2D eigenvalue weighted by molar-refractivity contribution is 7.15. The molecule has 1 aromatic carbocycles. The Kier molecular flexibility index (Phi) is 8.19. The van der Waals surface area contributed by atoms with Gasteiger partial charge in [0.2, 0.25) is 5.91 Å². The van der Waals surface area contributed by atoms with Gasteiger partial charge < -0.3 is 15.4 Å². The minimum absolute atomic E-state index is 0.109. The minimum atomic E-state index is -0.424. The van der Waals surface area contributed by atoms with Crippen molar-refractivity contribution in [1.29, 1.82) is 0 Å². The Morgan fingerprint density at radius 2 is 1.86 bits per heavy atom. The van der Waals surface area contributed by atoms with E-state index in [9.17, 15) is 14.4 Å². The minimum Gasteiger partial charge on any atom is -0.462 e. The van der Waals surface area contributed by atoms with Crippen molar-refractivity contribution >= 4 is 34.1 Å². The first kappa shape index (κ1) is 21.6. The average molecular weight is 403 g/mol. The maximum atomic E-state index is 12.3. The Bertz CT molecular complexity index is 815. The summed E-state index contributed by atoms with van der Waals surface area (Å²) in [4.78, 5) is 36.6. The molecule has 28 heavy (non-hydrogen) atoms. The molecule has 2 rings (SSSR count). The van der Waals surface area contributed by atoms with E-state index < -0.39 is 5.97 Å². The highest BCUT2D eigenvalue weighted by atomic mass is 32.1. The molecule has 2 N–H and O–H groups in total. The van der Waals surface area contributed by atoms with Crippen LogP contribution in [-0.4, -0.2) is 30.9 Å². The van der Waals surface area contributed by atoms with Gasteiger partial charge in [0.1, 0.15) is 5.00 Å². The number of anilines is 1. The first-order valence-electron chi connectivity index (χ1n) is 9.33. The molecule has 0 spiro atoms. The molecule has 7 heteroatoms. The van der Waals surface area contributed by atoms with Crippen LogP contribution in [0.5, 0.6) is 0 Å². The summed E-state index contributed by atoms with van der Waals surface area (Å²) in [6, 6.07) is 8.82. The second-order valence-corrected chi connectivity index (χ2v) is 7.58. The van der Waals surface area contributed by atoms with Crippen molar-refractivity contribution in [2.75, 3.05) is 18.5 Å². The number of ether oxygens (including phenoxy) is 1. The quantitative estimate of drug-likeness (QED) is 0.624. The highest BCUT2D eigenvalue weighted by Crippen LogP contribution is 2.31. The Morgan fingerprint density at radius 1 is 1.14 bits per heavy atom. The molecule has 0 unspecified atom stereocenters. The molecule has 6 nitrogen and oxygen atoms in total. The molecule has 0 aliphatic rings. The summed E-state index contributed by atoms with van der Waals surface area (Å²) in [5.74, 6) is -0.542. The monoisotopic (exact) mass is 402 g/mol. The fraction of sp³-hybridized carbons (Fsp3) is 0.381. The molecule has 1 heterocycles. The van der Waals surface area contributed by atoms with Crippen LogP contribution in [0.3, 0.4) is 0 Å². The lowest BCUT2D eigenvalue weighted by atomic mass is 10.0.